The van der Waals surface area contributed by atoms with Crippen molar-refractivity contribution in [2.24, 2.45) is 17.6 Å². The first-order valence-corrected chi connectivity index (χ1v) is 6.64. The van der Waals surface area contributed by atoms with Gasteiger partial charge in [0.05, 0.1) is 13.0 Å². The second-order valence-electron chi connectivity index (χ2n) is 4.96. The Hall–Kier alpha value is -1.88. The van der Waals surface area contributed by atoms with Crippen LogP contribution in [0.2, 0.25) is 0 Å². The molecule has 0 fully saturated rings. The highest BCUT2D eigenvalue weighted by Crippen LogP contribution is 2.17. The van der Waals surface area contributed by atoms with Crippen molar-refractivity contribution in [3.8, 4) is 0 Å². The molecule has 110 valence electrons. The van der Waals surface area contributed by atoms with Gasteiger partial charge in [-0.15, -0.1) is 0 Å². The molecule has 5 nitrogen and oxygen atoms in total. The van der Waals surface area contributed by atoms with E-state index in [1.165, 1.54) is 7.11 Å². The van der Waals surface area contributed by atoms with Crippen LogP contribution in [0, 0.1) is 11.8 Å². The predicted molar refractivity (Wildman–Crippen MR) is 76.7 cm³/mol. The fourth-order valence-corrected chi connectivity index (χ4v) is 1.97. The molecule has 1 rings (SSSR count). The number of benzene rings is 1. The maximum absolute atomic E-state index is 12.2. The minimum Gasteiger partial charge on any atom is -0.467 e. The van der Waals surface area contributed by atoms with Gasteiger partial charge in [-0.25, -0.2) is 4.79 Å². The number of amides is 1. The molecule has 0 saturated carbocycles. The predicted octanol–water partition coefficient (Wildman–Crippen LogP) is 1.25. The van der Waals surface area contributed by atoms with Crippen molar-refractivity contribution in [2.75, 3.05) is 13.7 Å². The first-order valence-electron chi connectivity index (χ1n) is 6.64. The third kappa shape index (κ3) is 4.06. The number of esters is 1. The SMILES string of the molecule is COC(=O)C(NC(=O)C(CN)C(C)C)c1ccccc1. The number of ether oxygens (including phenoxy) is 1. The highest BCUT2D eigenvalue weighted by atomic mass is 16.5. The summed E-state index contributed by atoms with van der Waals surface area (Å²) in [6.07, 6.45) is 0. The topological polar surface area (TPSA) is 81.4 Å². The number of methoxy groups -OCH3 is 1. The van der Waals surface area contributed by atoms with E-state index >= 15 is 0 Å². The third-order valence-corrected chi connectivity index (χ3v) is 3.25. The molecule has 1 amide bonds. The molecular weight excluding hydrogens is 256 g/mol. The Balaban J connectivity index is 2.92. The zero-order chi connectivity index (χ0) is 15.1. The van der Waals surface area contributed by atoms with Crippen LogP contribution in [0.3, 0.4) is 0 Å². The molecule has 0 aliphatic heterocycles. The van der Waals surface area contributed by atoms with Crippen LogP contribution in [0.1, 0.15) is 25.5 Å². The van der Waals surface area contributed by atoms with E-state index in [2.05, 4.69) is 5.32 Å². The summed E-state index contributed by atoms with van der Waals surface area (Å²) in [6.45, 7) is 4.09. The summed E-state index contributed by atoms with van der Waals surface area (Å²) >= 11 is 0. The summed E-state index contributed by atoms with van der Waals surface area (Å²) in [7, 11) is 1.30. The quantitative estimate of drug-likeness (QED) is 0.767. The summed E-state index contributed by atoms with van der Waals surface area (Å²) in [5, 5.41) is 2.72. The van der Waals surface area contributed by atoms with Gasteiger partial charge in [-0.3, -0.25) is 4.79 Å². The number of carbonyl (C=O) groups is 2. The maximum atomic E-state index is 12.2. The molecule has 1 aromatic carbocycles. The van der Waals surface area contributed by atoms with Crippen molar-refractivity contribution in [1.29, 1.82) is 0 Å². The second kappa shape index (κ2) is 7.65. The van der Waals surface area contributed by atoms with Crippen LogP contribution in [0.15, 0.2) is 30.3 Å². The van der Waals surface area contributed by atoms with Gasteiger partial charge in [-0.1, -0.05) is 44.2 Å². The normalized spacial score (nSPS) is 13.7. The lowest BCUT2D eigenvalue weighted by Gasteiger charge is -2.22. The Morgan fingerprint density at radius 3 is 2.30 bits per heavy atom. The minimum atomic E-state index is -0.804. The summed E-state index contributed by atoms with van der Waals surface area (Å²) in [5.41, 5.74) is 6.31. The van der Waals surface area contributed by atoms with Gasteiger partial charge in [0, 0.05) is 6.54 Å². The standard InChI is InChI=1S/C15H22N2O3/c1-10(2)12(9-16)14(18)17-13(15(19)20-3)11-7-5-4-6-8-11/h4-8,10,12-13H,9,16H2,1-3H3,(H,17,18). The lowest BCUT2D eigenvalue weighted by Crippen LogP contribution is -2.42. The van der Waals surface area contributed by atoms with Crippen LogP contribution in [-0.4, -0.2) is 25.5 Å². The van der Waals surface area contributed by atoms with Gasteiger partial charge >= 0.3 is 5.97 Å². The average molecular weight is 278 g/mol. The Bertz CT molecular complexity index is 446. The Morgan fingerprint density at radius 2 is 1.85 bits per heavy atom. The van der Waals surface area contributed by atoms with Gasteiger partial charge in [0.25, 0.3) is 0 Å². The monoisotopic (exact) mass is 278 g/mol. The number of rotatable bonds is 6. The number of nitrogens with one attached hydrogen (secondary N) is 1. The summed E-state index contributed by atoms with van der Waals surface area (Å²) in [5.74, 6) is -0.953. The van der Waals surface area contributed by atoms with Crippen molar-refractivity contribution in [3.63, 3.8) is 0 Å². The molecule has 0 spiro atoms. The van der Waals surface area contributed by atoms with Gasteiger partial charge in [0.1, 0.15) is 0 Å². The van der Waals surface area contributed by atoms with Crippen LogP contribution >= 0.6 is 0 Å². The fraction of sp³-hybridized carbons (Fsp3) is 0.467. The van der Waals surface area contributed by atoms with Crippen molar-refractivity contribution >= 4 is 11.9 Å². The van der Waals surface area contributed by atoms with E-state index in [-0.39, 0.29) is 24.3 Å². The van der Waals surface area contributed by atoms with Gasteiger partial charge in [0.2, 0.25) is 5.91 Å². The van der Waals surface area contributed by atoms with E-state index in [0.717, 1.165) is 0 Å². The van der Waals surface area contributed by atoms with E-state index in [1.54, 1.807) is 24.3 Å². The fourth-order valence-electron chi connectivity index (χ4n) is 1.97. The molecule has 0 aliphatic carbocycles. The van der Waals surface area contributed by atoms with Gasteiger partial charge < -0.3 is 15.8 Å². The zero-order valence-electron chi connectivity index (χ0n) is 12.1. The molecule has 0 aliphatic rings. The lowest BCUT2D eigenvalue weighted by atomic mass is 9.94. The zero-order valence-corrected chi connectivity index (χ0v) is 12.1. The molecule has 3 N–H and O–H groups in total. The molecule has 2 unspecified atom stereocenters. The molecule has 5 heteroatoms. The van der Waals surface area contributed by atoms with E-state index in [4.69, 9.17) is 10.5 Å². The Morgan fingerprint density at radius 1 is 1.25 bits per heavy atom. The first kappa shape index (κ1) is 16.2. The molecule has 1 aromatic rings. The van der Waals surface area contributed by atoms with Crippen molar-refractivity contribution in [1.82, 2.24) is 5.32 Å². The van der Waals surface area contributed by atoms with Crippen LogP contribution in [0.25, 0.3) is 0 Å². The van der Waals surface area contributed by atoms with Gasteiger partial charge in [0.15, 0.2) is 6.04 Å². The van der Waals surface area contributed by atoms with Crippen molar-refractivity contribution in [2.45, 2.75) is 19.9 Å². The molecule has 2 atom stereocenters. The number of carbonyl (C=O) groups excluding carboxylic acids is 2. The molecule has 0 radical (unpaired) electrons. The van der Waals surface area contributed by atoms with E-state index < -0.39 is 12.0 Å². The summed E-state index contributed by atoms with van der Waals surface area (Å²) in [6, 6.07) is 8.20. The van der Waals surface area contributed by atoms with Gasteiger partial charge in [-0.2, -0.15) is 0 Å². The molecule has 20 heavy (non-hydrogen) atoms. The largest absolute Gasteiger partial charge is 0.467 e. The highest BCUT2D eigenvalue weighted by molar-refractivity contribution is 5.86. The molecule has 0 saturated heterocycles. The number of nitrogens with two attached hydrogens (primary N) is 1. The molecule has 0 bridgehead atoms. The smallest absolute Gasteiger partial charge is 0.333 e. The van der Waals surface area contributed by atoms with Crippen LogP contribution < -0.4 is 11.1 Å². The Kier molecular flexibility index (Phi) is 6.18. The average Bonchev–Trinajstić information content (AvgIpc) is 2.45. The Labute approximate surface area is 119 Å². The summed E-state index contributed by atoms with van der Waals surface area (Å²) in [4.78, 5) is 24.1. The molecule has 0 heterocycles. The van der Waals surface area contributed by atoms with Gasteiger partial charge in [-0.05, 0) is 11.5 Å². The minimum absolute atomic E-state index is 0.106. The van der Waals surface area contributed by atoms with Crippen molar-refractivity contribution < 1.29 is 14.3 Å². The lowest BCUT2D eigenvalue weighted by molar-refractivity contribution is -0.146. The number of hydrogen-bond donors (Lipinski definition) is 2. The highest BCUT2D eigenvalue weighted by Gasteiger charge is 2.28. The number of hydrogen-bond acceptors (Lipinski definition) is 4. The maximum Gasteiger partial charge on any atom is 0.333 e. The van der Waals surface area contributed by atoms with E-state index in [9.17, 15) is 9.59 Å². The second-order valence-corrected chi connectivity index (χ2v) is 4.96. The van der Waals surface area contributed by atoms with Crippen molar-refractivity contribution in [3.05, 3.63) is 35.9 Å². The summed E-state index contributed by atoms with van der Waals surface area (Å²) < 4.78 is 4.76. The molecular formula is C15H22N2O3. The van der Waals surface area contributed by atoms with Crippen LogP contribution in [0.5, 0.6) is 0 Å². The van der Waals surface area contributed by atoms with Crippen LogP contribution in [-0.2, 0) is 14.3 Å². The van der Waals surface area contributed by atoms with E-state index in [1.807, 2.05) is 19.9 Å². The first-order chi connectivity index (χ1) is 9.51. The van der Waals surface area contributed by atoms with Crippen LogP contribution in [0.4, 0.5) is 0 Å². The third-order valence-electron chi connectivity index (χ3n) is 3.25. The molecule has 0 aromatic heterocycles. The van der Waals surface area contributed by atoms with E-state index in [0.29, 0.717) is 5.56 Å².